The summed E-state index contributed by atoms with van der Waals surface area (Å²) in [7, 11) is 0. The van der Waals surface area contributed by atoms with E-state index in [4.69, 9.17) is 11.6 Å². The standard InChI is InChI=1S/C34H26ClF3N2O3/c35-30-27(19-23-12-6-11-22-10-4-5-15-26(22)23)29(24-13-7-14-25(18-24)34(36,37)38)31-39(17-16-21-8-2-1-3-9-21)20-28(33(42)43)40(31)32(30)41/h1-15,18,28H,16-17,19-20H2,(H,42,43). The van der Waals surface area contributed by atoms with Gasteiger partial charge in [-0.15, -0.1) is 0 Å². The van der Waals surface area contributed by atoms with Crippen LogP contribution in [0.1, 0.15) is 28.3 Å². The van der Waals surface area contributed by atoms with Gasteiger partial charge in [-0.2, -0.15) is 13.2 Å². The minimum atomic E-state index is -4.61. The van der Waals surface area contributed by atoms with E-state index in [0.717, 1.165) is 38.6 Å². The van der Waals surface area contributed by atoms with Crippen molar-refractivity contribution in [1.29, 1.82) is 0 Å². The lowest BCUT2D eigenvalue weighted by Gasteiger charge is -2.25. The summed E-state index contributed by atoms with van der Waals surface area (Å²) in [4.78, 5) is 28.0. The number of rotatable bonds is 7. The molecule has 1 aromatic heterocycles. The van der Waals surface area contributed by atoms with E-state index in [1.165, 1.54) is 6.07 Å². The molecule has 0 saturated carbocycles. The summed E-state index contributed by atoms with van der Waals surface area (Å²) >= 11 is 6.79. The maximum absolute atomic E-state index is 13.9. The fourth-order valence-electron chi connectivity index (χ4n) is 5.92. The van der Waals surface area contributed by atoms with E-state index in [2.05, 4.69) is 0 Å². The zero-order valence-electron chi connectivity index (χ0n) is 22.8. The molecule has 0 bridgehead atoms. The molecule has 1 aliphatic rings. The van der Waals surface area contributed by atoms with Gasteiger partial charge in [-0.3, -0.25) is 9.36 Å². The molecule has 1 atom stereocenters. The van der Waals surface area contributed by atoms with Crippen molar-refractivity contribution in [2.45, 2.75) is 25.1 Å². The monoisotopic (exact) mass is 602 g/mol. The van der Waals surface area contributed by atoms with Crippen molar-refractivity contribution in [3.8, 4) is 11.1 Å². The minimum absolute atomic E-state index is 0.0303. The molecule has 5 nitrogen and oxygen atoms in total. The van der Waals surface area contributed by atoms with Gasteiger partial charge in [0.2, 0.25) is 0 Å². The molecule has 6 rings (SSSR count). The molecule has 1 aliphatic heterocycles. The Balaban J connectivity index is 1.61. The lowest BCUT2D eigenvalue weighted by atomic mass is 9.92. The molecule has 43 heavy (non-hydrogen) atoms. The van der Waals surface area contributed by atoms with E-state index in [1.54, 1.807) is 11.0 Å². The second-order valence-corrected chi connectivity index (χ2v) is 11.0. The molecule has 0 saturated heterocycles. The molecule has 0 fully saturated rings. The van der Waals surface area contributed by atoms with Gasteiger partial charge in [0.1, 0.15) is 10.8 Å². The maximum atomic E-state index is 13.9. The average Bonchev–Trinajstić information content (AvgIpc) is 3.39. The van der Waals surface area contributed by atoms with Gasteiger partial charge in [0.05, 0.1) is 12.1 Å². The number of aromatic nitrogens is 1. The number of carboxylic acid groups (broad SMARTS) is 1. The summed E-state index contributed by atoms with van der Waals surface area (Å²) < 4.78 is 42.9. The van der Waals surface area contributed by atoms with Gasteiger partial charge in [0, 0.05) is 18.5 Å². The van der Waals surface area contributed by atoms with Crippen LogP contribution in [0.15, 0.2) is 102 Å². The Labute approximate surface area is 250 Å². The molecule has 5 aromatic rings. The van der Waals surface area contributed by atoms with Crippen molar-refractivity contribution in [2.75, 3.05) is 18.0 Å². The Morgan fingerprint density at radius 2 is 1.63 bits per heavy atom. The summed E-state index contributed by atoms with van der Waals surface area (Å²) in [5.74, 6) is -0.967. The van der Waals surface area contributed by atoms with Gasteiger partial charge in [-0.05, 0) is 51.6 Å². The number of pyridine rings is 1. The first-order chi connectivity index (χ1) is 20.6. The Hall–Kier alpha value is -4.56. The predicted molar refractivity (Wildman–Crippen MR) is 162 cm³/mol. The van der Waals surface area contributed by atoms with Gasteiger partial charge in [0.15, 0.2) is 6.04 Å². The zero-order valence-corrected chi connectivity index (χ0v) is 23.6. The normalized spacial score (nSPS) is 14.7. The van der Waals surface area contributed by atoms with Gasteiger partial charge in [-0.1, -0.05) is 96.5 Å². The van der Waals surface area contributed by atoms with Crippen LogP contribution in [0, 0.1) is 0 Å². The summed E-state index contributed by atoms with van der Waals surface area (Å²) in [6, 6.07) is 26.6. The second-order valence-electron chi connectivity index (χ2n) is 10.6. The number of alkyl halides is 3. The summed E-state index contributed by atoms with van der Waals surface area (Å²) in [5.41, 5.74) is 1.17. The maximum Gasteiger partial charge on any atom is 0.416 e. The molecular formula is C34H26ClF3N2O3. The number of carbonyl (C=O) groups is 1. The lowest BCUT2D eigenvalue weighted by Crippen LogP contribution is -2.29. The Kier molecular flexibility index (Phi) is 7.48. The van der Waals surface area contributed by atoms with E-state index in [9.17, 15) is 27.9 Å². The van der Waals surface area contributed by atoms with Crippen LogP contribution >= 0.6 is 11.6 Å². The first-order valence-corrected chi connectivity index (χ1v) is 14.1. The second kappa shape index (κ2) is 11.3. The number of hydrogen-bond donors (Lipinski definition) is 1. The molecule has 9 heteroatoms. The van der Waals surface area contributed by atoms with Crippen molar-refractivity contribution in [3.63, 3.8) is 0 Å². The Morgan fingerprint density at radius 1 is 0.930 bits per heavy atom. The molecule has 0 spiro atoms. The number of nitrogens with zero attached hydrogens (tertiary/aromatic N) is 2. The smallest absolute Gasteiger partial charge is 0.416 e. The molecule has 1 unspecified atom stereocenters. The lowest BCUT2D eigenvalue weighted by molar-refractivity contribution is -0.140. The van der Waals surface area contributed by atoms with Crippen LogP contribution in [0.25, 0.3) is 21.9 Å². The van der Waals surface area contributed by atoms with E-state index < -0.39 is 29.3 Å². The molecule has 1 N–H and O–H groups in total. The topological polar surface area (TPSA) is 62.5 Å². The van der Waals surface area contributed by atoms with Crippen molar-refractivity contribution < 1.29 is 23.1 Å². The van der Waals surface area contributed by atoms with E-state index in [0.29, 0.717) is 24.1 Å². The summed E-state index contributed by atoms with van der Waals surface area (Å²) in [5, 5.41) is 11.8. The number of carboxylic acids is 1. The van der Waals surface area contributed by atoms with Gasteiger partial charge < -0.3 is 10.0 Å². The molecular weight excluding hydrogens is 577 g/mol. The molecule has 0 aliphatic carbocycles. The third-order valence-electron chi connectivity index (χ3n) is 7.95. The van der Waals surface area contributed by atoms with Crippen LogP contribution < -0.4 is 10.5 Å². The quantitative estimate of drug-likeness (QED) is 0.208. The van der Waals surface area contributed by atoms with Crippen molar-refractivity contribution in [2.24, 2.45) is 0 Å². The number of halogens is 4. The highest BCUT2D eigenvalue weighted by atomic mass is 35.5. The number of hydrogen-bond acceptors (Lipinski definition) is 3. The Morgan fingerprint density at radius 3 is 2.37 bits per heavy atom. The minimum Gasteiger partial charge on any atom is -0.480 e. The molecule has 4 aromatic carbocycles. The van der Waals surface area contributed by atoms with E-state index >= 15 is 0 Å². The third-order valence-corrected chi connectivity index (χ3v) is 8.34. The van der Waals surface area contributed by atoms with E-state index in [1.807, 2.05) is 72.8 Å². The van der Waals surface area contributed by atoms with Crippen molar-refractivity contribution >= 4 is 34.2 Å². The highest BCUT2D eigenvalue weighted by molar-refractivity contribution is 6.32. The SMILES string of the molecule is O=C(O)C1CN(CCc2ccccc2)c2c(-c3cccc(C(F)(F)F)c3)c(Cc3cccc4ccccc34)c(Cl)c(=O)n21. The summed E-state index contributed by atoms with van der Waals surface area (Å²) in [6.07, 6.45) is -3.93. The van der Waals surface area contributed by atoms with Crippen molar-refractivity contribution in [3.05, 3.63) is 135 Å². The number of anilines is 1. The van der Waals surface area contributed by atoms with Crippen LogP contribution in [0.5, 0.6) is 0 Å². The van der Waals surface area contributed by atoms with Crippen LogP contribution in [0.2, 0.25) is 5.02 Å². The van der Waals surface area contributed by atoms with Crippen LogP contribution in [0.4, 0.5) is 19.0 Å². The van der Waals surface area contributed by atoms with E-state index in [-0.39, 0.29) is 29.4 Å². The van der Waals surface area contributed by atoms with Crippen LogP contribution in [-0.4, -0.2) is 28.7 Å². The van der Waals surface area contributed by atoms with Crippen molar-refractivity contribution in [1.82, 2.24) is 4.57 Å². The molecule has 2 heterocycles. The predicted octanol–water partition coefficient (Wildman–Crippen LogP) is 7.62. The third kappa shape index (κ3) is 5.39. The largest absolute Gasteiger partial charge is 0.480 e. The first-order valence-electron chi connectivity index (χ1n) is 13.8. The van der Waals surface area contributed by atoms with Crippen LogP contribution in [0.3, 0.4) is 0 Å². The highest BCUT2D eigenvalue weighted by Crippen LogP contribution is 2.44. The molecule has 0 amide bonds. The molecule has 218 valence electrons. The Bertz CT molecular complexity index is 1900. The average molecular weight is 603 g/mol. The number of benzene rings is 4. The zero-order chi connectivity index (χ0) is 30.3. The highest BCUT2D eigenvalue weighted by Gasteiger charge is 2.39. The fraction of sp³-hybridized carbons (Fsp3) is 0.176. The number of aliphatic carboxylic acids is 1. The van der Waals surface area contributed by atoms with Gasteiger partial charge in [-0.25, -0.2) is 4.79 Å². The van der Waals surface area contributed by atoms with Crippen LogP contribution in [-0.2, 0) is 23.8 Å². The first kappa shape index (κ1) is 28.6. The fourth-order valence-corrected chi connectivity index (χ4v) is 6.18. The summed E-state index contributed by atoms with van der Waals surface area (Å²) in [6.45, 7) is 0.311. The number of fused-ring (bicyclic) bond motifs is 2. The van der Waals surface area contributed by atoms with Gasteiger partial charge >= 0.3 is 12.1 Å². The van der Waals surface area contributed by atoms with Gasteiger partial charge in [0.25, 0.3) is 5.56 Å². The molecule has 0 radical (unpaired) electrons.